The van der Waals surface area contributed by atoms with Crippen LogP contribution >= 0.6 is 0 Å². The van der Waals surface area contributed by atoms with Gasteiger partial charge in [-0.2, -0.15) is 5.10 Å². The molecule has 1 aliphatic heterocycles. The summed E-state index contributed by atoms with van der Waals surface area (Å²) in [5, 5.41) is 5.02. The Hall–Kier alpha value is -2.89. The molecule has 4 rings (SSSR count). The van der Waals surface area contributed by atoms with E-state index in [4.69, 9.17) is 0 Å². The molecule has 122 valence electrons. The van der Waals surface area contributed by atoms with E-state index in [9.17, 15) is 9.59 Å². The van der Waals surface area contributed by atoms with Crippen molar-refractivity contribution in [2.24, 2.45) is 0 Å². The summed E-state index contributed by atoms with van der Waals surface area (Å²) in [5.41, 5.74) is 0.915. The maximum atomic E-state index is 13.1. The molecule has 1 amide bonds. The van der Waals surface area contributed by atoms with E-state index in [1.807, 2.05) is 46.1 Å². The van der Waals surface area contributed by atoms with Gasteiger partial charge < -0.3 is 9.88 Å². The molecule has 24 heavy (non-hydrogen) atoms. The van der Waals surface area contributed by atoms with Crippen molar-refractivity contribution >= 4 is 16.8 Å². The van der Waals surface area contributed by atoms with Gasteiger partial charge in [-0.05, 0) is 25.0 Å². The van der Waals surface area contributed by atoms with Crippen molar-refractivity contribution in [1.82, 2.24) is 19.7 Å². The Labute approximate surface area is 138 Å². The topological polar surface area (TPSA) is 71.0 Å². The molecule has 3 aromatic rings. The van der Waals surface area contributed by atoms with Gasteiger partial charge in [-0.25, -0.2) is 0 Å². The number of hydrogen-bond donors (Lipinski definition) is 1. The maximum absolute atomic E-state index is 13.1. The van der Waals surface area contributed by atoms with Crippen molar-refractivity contribution in [3.05, 3.63) is 64.7 Å². The van der Waals surface area contributed by atoms with Crippen LogP contribution in [0.4, 0.5) is 0 Å². The fraction of sp³-hybridized carbons (Fsp3) is 0.278. The van der Waals surface area contributed by atoms with Crippen LogP contribution in [0.2, 0.25) is 0 Å². The molecule has 0 unspecified atom stereocenters. The van der Waals surface area contributed by atoms with Crippen molar-refractivity contribution in [1.29, 1.82) is 0 Å². The molecule has 1 saturated heterocycles. The molecule has 1 fully saturated rings. The lowest BCUT2D eigenvalue weighted by molar-refractivity contribution is 0.0723. The monoisotopic (exact) mass is 322 g/mol. The number of pyridine rings is 1. The SMILES string of the molecule is O=C(c1cc(=O)[nH]c2ccccc12)N1CCC[C@H]1Cn1cccn1. The fourth-order valence-electron chi connectivity index (χ4n) is 3.45. The zero-order valence-electron chi connectivity index (χ0n) is 13.2. The number of carbonyl (C=O) groups is 1. The zero-order valence-corrected chi connectivity index (χ0v) is 13.2. The van der Waals surface area contributed by atoms with E-state index in [1.165, 1.54) is 6.07 Å². The number of H-pyrrole nitrogens is 1. The van der Waals surface area contributed by atoms with E-state index in [2.05, 4.69) is 10.1 Å². The fourth-order valence-corrected chi connectivity index (χ4v) is 3.45. The molecular weight excluding hydrogens is 304 g/mol. The Balaban J connectivity index is 1.69. The molecule has 6 nitrogen and oxygen atoms in total. The highest BCUT2D eigenvalue weighted by molar-refractivity contribution is 6.06. The Morgan fingerprint density at radius 2 is 2.17 bits per heavy atom. The van der Waals surface area contributed by atoms with Crippen molar-refractivity contribution in [3.63, 3.8) is 0 Å². The van der Waals surface area contributed by atoms with E-state index < -0.39 is 0 Å². The van der Waals surface area contributed by atoms with E-state index in [0.29, 0.717) is 24.2 Å². The normalized spacial score (nSPS) is 17.5. The number of aromatic nitrogens is 3. The molecule has 0 bridgehead atoms. The first kappa shape index (κ1) is 14.7. The molecule has 0 aliphatic carbocycles. The molecule has 0 radical (unpaired) electrons. The van der Waals surface area contributed by atoms with Gasteiger partial charge in [-0.3, -0.25) is 14.3 Å². The lowest BCUT2D eigenvalue weighted by Gasteiger charge is -2.25. The number of aromatic amines is 1. The summed E-state index contributed by atoms with van der Waals surface area (Å²) in [6, 6.07) is 10.8. The number of nitrogens with zero attached hydrogens (tertiary/aromatic N) is 3. The minimum absolute atomic E-state index is 0.0769. The van der Waals surface area contributed by atoms with Crippen LogP contribution in [-0.4, -0.2) is 38.2 Å². The van der Waals surface area contributed by atoms with Crippen molar-refractivity contribution in [3.8, 4) is 0 Å². The van der Waals surface area contributed by atoms with Crippen LogP contribution in [-0.2, 0) is 6.54 Å². The highest BCUT2D eigenvalue weighted by Gasteiger charge is 2.30. The first-order valence-electron chi connectivity index (χ1n) is 8.13. The molecule has 3 heterocycles. The van der Waals surface area contributed by atoms with Crippen LogP contribution in [0.25, 0.3) is 10.9 Å². The highest BCUT2D eigenvalue weighted by atomic mass is 16.2. The molecule has 1 aromatic carbocycles. The predicted molar refractivity (Wildman–Crippen MR) is 90.9 cm³/mol. The summed E-state index contributed by atoms with van der Waals surface area (Å²) in [4.78, 5) is 29.7. The quantitative estimate of drug-likeness (QED) is 0.802. The third-order valence-corrected chi connectivity index (χ3v) is 4.58. The number of carbonyl (C=O) groups excluding carboxylic acids is 1. The molecule has 0 spiro atoms. The van der Waals surface area contributed by atoms with Crippen LogP contribution < -0.4 is 5.56 Å². The largest absolute Gasteiger partial charge is 0.334 e. The number of hydrogen-bond acceptors (Lipinski definition) is 3. The summed E-state index contributed by atoms with van der Waals surface area (Å²) in [7, 11) is 0. The summed E-state index contributed by atoms with van der Waals surface area (Å²) in [6.07, 6.45) is 5.57. The van der Waals surface area contributed by atoms with E-state index >= 15 is 0 Å². The number of amides is 1. The smallest absolute Gasteiger partial charge is 0.255 e. The third-order valence-electron chi connectivity index (χ3n) is 4.58. The molecule has 1 atom stereocenters. The molecule has 1 aliphatic rings. The van der Waals surface area contributed by atoms with Gasteiger partial charge in [0.15, 0.2) is 0 Å². The molecule has 0 saturated carbocycles. The Morgan fingerprint density at radius 3 is 3.00 bits per heavy atom. The van der Waals surface area contributed by atoms with Crippen LogP contribution in [0.1, 0.15) is 23.2 Å². The number of fused-ring (bicyclic) bond motifs is 1. The maximum Gasteiger partial charge on any atom is 0.255 e. The van der Waals surface area contributed by atoms with Gasteiger partial charge in [0.05, 0.1) is 18.2 Å². The lowest BCUT2D eigenvalue weighted by atomic mass is 10.1. The first-order valence-corrected chi connectivity index (χ1v) is 8.13. The van der Waals surface area contributed by atoms with Gasteiger partial charge in [0.2, 0.25) is 5.56 Å². The number of rotatable bonds is 3. The minimum atomic E-state index is -0.250. The van der Waals surface area contributed by atoms with Gasteiger partial charge in [0.1, 0.15) is 0 Å². The number of para-hydroxylation sites is 1. The highest BCUT2D eigenvalue weighted by Crippen LogP contribution is 2.24. The zero-order chi connectivity index (χ0) is 16.5. The number of benzene rings is 1. The average molecular weight is 322 g/mol. The van der Waals surface area contributed by atoms with Crippen LogP contribution in [0.5, 0.6) is 0 Å². The van der Waals surface area contributed by atoms with E-state index in [-0.39, 0.29) is 17.5 Å². The van der Waals surface area contributed by atoms with Gasteiger partial charge in [0.25, 0.3) is 5.91 Å². The first-order chi connectivity index (χ1) is 11.7. The van der Waals surface area contributed by atoms with Gasteiger partial charge >= 0.3 is 0 Å². The van der Waals surface area contributed by atoms with Crippen LogP contribution in [0.3, 0.4) is 0 Å². The van der Waals surface area contributed by atoms with Crippen molar-refractivity contribution in [2.45, 2.75) is 25.4 Å². The number of likely N-dealkylation sites (tertiary alicyclic amines) is 1. The standard InChI is InChI=1S/C18H18N4O2/c23-17-11-15(14-6-1-2-7-16(14)20-17)18(24)22-10-3-5-13(22)12-21-9-4-8-19-21/h1-2,4,6-9,11,13H,3,5,10,12H2,(H,20,23)/t13-/m0/s1. The lowest BCUT2D eigenvalue weighted by Crippen LogP contribution is -2.38. The van der Waals surface area contributed by atoms with Crippen molar-refractivity contribution in [2.75, 3.05) is 6.54 Å². The number of nitrogens with one attached hydrogen (secondary N) is 1. The predicted octanol–water partition coefficient (Wildman–Crippen LogP) is 2.03. The Morgan fingerprint density at radius 1 is 1.29 bits per heavy atom. The minimum Gasteiger partial charge on any atom is -0.334 e. The van der Waals surface area contributed by atoms with E-state index in [1.54, 1.807) is 6.20 Å². The molecule has 1 N–H and O–H groups in total. The van der Waals surface area contributed by atoms with E-state index in [0.717, 1.165) is 18.2 Å². The second-order valence-electron chi connectivity index (χ2n) is 6.12. The second-order valence-corrected chi connectivity index (χ2v) is 6.12. The average Bonchev–Trinajstić information content (AvgIpc) is 3.26. The van der Waals surface area contributed by atoms with Crippen molar-refractivity contribution < 1.29 is 4.79 Å². The van der Waals surface area contributed by atoms with Crippen LogP contribution in [0.15, 0.2) is 53.6 Å². The second kappa shape index (κ2) is 5.96. The Bertz CT molecular complexity index is 930. The summed E-state index contributed by atoms with van der Waals surface area (Å²) >= 11 is 0. The van der Waals surface area contributed by atoms with Gasteiger partial charge in [-0.1, -0.05) is 18.2 Å². The summed E-state index contributed by atoms with van der Waals surface area (Å²) in [6.45, 7) is 1.39. The summed E-state index contributed by atoms with van der Waals surface area (Å²) < 4.78 is 1.85. The summed E-state index contributed by atoms with van der Waals surface area (Å²) in [5.74, 6) is -0.0769. The van der Waals surface area contributed by atoms with Crippen LogP contribution in [0, 0.1) is 0 Å². The molecular formula is C18H18N4O2. The van der Waals surface area contributed by atoms with Gasteiger partial charge in [0, 0.05) is 35.9 Å². The Kier molecular flexibility index (Phi) is 3.65. The third kappa shape index (κ3) is 2.60. The molecule has 2 aromatic heterocycles. The van der Waals surface area contributed by atoms with Gasteiger partial charge in [-0.15, -0.1) is 0 Å². The molecule has 6 heteroatoms.